The zero-order valence-corrected chi connectivity index (χ0v) is 14.9. The topological polar surface area (TPSA) is 71.5 Å². The highest BCUT2D eigenvalue weighted by atomic mass is 19.2. The Kier molecular flexibility index (Phi) is 6.29. The van der Waals surface area contributed by atoms with Gasteiger partial charge in [0.15, 0.2) is 11.6 Å². The smallest absolute Gasteiger partial charge is 0.224 e. The summed E-state index contributed by atoms with van der Waals surface area (Å²) in [6.07, 6.45) is 1.69. The van der Waals surface area contributed by atoms with E-state index >= 15 is 0 Å². The number of amides is 1. The first-order valence-electron chi connectivity index (χ1n) is 8.57. The van der Waals surface area contributed by atoms with Gasteiger partial charge in [-0.3, -0.25) is 4.79 Å². The van der Waals surface area contributed by atoms with Crippen molar-refractivity contribution < 1.29 is 23.4 Å². The summed E-state index contributed by atoms with van der Waals surface area (Å²) < 4.78 is 31.9. The lowest BCUT2D eigenvalue weighted by Crippen LogP contribution is -2.24. The molecular weight excluding hydrogens is 366 g/mol. The van der Waals surface area contributed by atoms with E-state index in [-0.39, 0.29) is 37.1 Å². The van der Waals surface area contributed by atoms with E-state index in [9.17, 15) is 13.6 Å². The molecular formula is C21H18F2N2O3. The molecule has 0 spiro atoms. The summed E-state index contributed by atoms with van der Waals surface area (Å²) >= 11 is 0. The van der Waals surface area contributed by atoms with Crippen molar-refractivity contribution in [3.63, 3.8) is 0 Å². The van der Waals surface area contributed by atoms with Gasteiger partial charge in [-0.25, -0.2) is 13.8 Å². The normalized spacial score (nSPS) is 10.5. The average molecular weight is 384 g/mol. The van der Waals surface area contributed by atoms with Crippen molar-refractivity contribution in [1.82, 2.24) is 10.3 Å². The van der Waals surface area contributed by atoms with E-state index < -0.39 is 11.6 Å². The summed E-state index contributed by atoms with van der Waals surface area (Å²) in [7, 11) is 0. The van der Waals surface area contributed by atoms with E-state index in [1.165, 1.54) is 12.3 Å². The third kappa shape index (κ3) is 5.11. The van der Waals surface area contributed by atoms with E-state index in [0.29, 0.717) is 5.56 Å². The first-order chi connectivity index (χ1) is 13.5. The van der Waals surface area contributed by atoms with Gasteiger partial charge in [0.2, 0.25) is 11.8 Å². The van der Waals surface area contributed by atoms with E-state index in [1.807, 2.05) is 0 Å². The van der Waals surface area contributed by atoms with Crippen molar-refractivity contribution in [2.75, 3.05) is 0 Å². The second-order valence-corrected chi connectivity index (χ2v) is 6.07. The van der Waals surface area contributed by atoms with Gasteiger partial charge < -0.3 is 15.2 Å². The van der Waals surface area contributed by atoms with Gasteiger partial charge in [-0.2, -0.15) is 0 Å². The van der Waals surface area contributed by atoms with Crippen LogP contribution in [-0.2, 0) is 24.4 Å². The fourth-order valence-corrected chi connectivity index (χ4v) is 2.51. The van der Waals surface area contributed by atoms with Crippen LogP contribution in [0, 0.1) is 11.6 Å². The molecule has 0 saturated heterocycles. The lowest BCUT2D eigenvalue weighted by molar-refractivity contribution is -0.120. The van der Waals surface area contributed by atoms with Gasteiger partial charge in [0, 0.05) is 24.4 Å². The van der Waals surface area contributed by atoms with Crippen LogP contribution in [0.1, 0.15) is 16.7 Å². The summed E-state index contributed by atoms with van der Waals surface area (Å²) in [6, 6.07) is 13.7. The first-order valence-corrected chi connectivity index (χ1v) is 8.57. The summed E-state index contributed by atoms with van der Waals surface area (Å²) in [5, 5.41) is 11.8. The molecule has 7 heteroatoms. The summed E-state index contributed by atoms with van der Waals surface area (Å²) in [5.41, 5.74) is 2.19. The molecule has 0 aliphatic rings. The number of carbonyl (C=O) groups is 1. The molecule has 2 aromatic carbocycles. The number of pyridine rings is 1. The predicted octanol–water partition coefficient (Wildman–Crippen LogP) is 3.50. The van der Waals surface area contributed by atoms with E-state index in [0.717, 1.165) is 23.3 Å². The molecule has 144 valence electrons. The Morgan fingerprint density at radius 3 is 2.50 bits per heavy atom. The van der Waals surface area contributed by atoms with Crippen LogP contribution in [0.25, 0.3) is 0 Å². The van der Waals surface area contributed by atoms with Gasteiger partial charge in [0.25, 0.3) is 0 Å². The zero-order chi connectivity index (χ0) is 19.9. The zero-order valence-electron chi connectivity index (χ0n) is 14.9. The standard InChI is InChI=1S/C21H18F2N2O3/c22-18-8-7-17(11-19(18)23)28-21-16(2-1-9-24-21)12-25-20(27)10-14-3-5-15(13-26)6-4-14/h1-9,11,26H,10,12-13H2,(H,25,27). The third-order valence-electron chi connectivity index (χ3n) is 4.00. The molecule has 3 rings (SSSR count). The van der Waals surface area contributed by atoms with Gasteiger partial charge in [0.1, 0.15) is 5.75 Å². The highest BCUT2D eigenvalue weighted by molar-refractivity contribution is 5.78. The van der Waals surface area contributed by atoms with Crippen molar-refractivity contribution >= 4 is 5.91 Å². The number of nitrogens with one attached hydrogen (secondary N) is 1. The molecule has 1 amide bonds. The first kappa shape index (κ1) is 19.4. The fraction of sp³-hybridized carbons (Fsp3) is 0.143. The molecule has 0 fully saturated rings. The highest BCUT2D eigenvalue weighted by Crippen LogP contribution is 2.24. The van der Waals surface area contributed by atoms with Crippen LogP contribution in [0.4, 0.5) is 8.78 Å². The molecule has 3 aromatic rings. The minimum Gasteiger partial charge on any atom is -0.439 e. The van der Waals surface area contributed by atoms with E-state index in [1.54, 1.807) is 36.4 Å². The summed E-state index contributed by atoms with van der Waals surface area (Å²) in [4.78, 5) is 16.3. The van der Waals surface area contributed by atoms with Gasteiger partial charge in [-0.05, 0) is 29.3 Å². The van der Waals surface area contributed by atoms with Crippen molar-refractivity contribution in [2.24, 2.45) is 0 Å². The van der Waals surface area contributed by atoms with Crippen LogP contribution in [0.5, 0.6) is 11.6 Å². The van der Waals surface area contributed by atoms with Crippen molar-refractivity contribution in [1.29, 1.82) is 0 Å². The van der Waals surface area contributed by atoms with E-state index in [2.05, 4.69) is 10.3 Å². The van der Waals surface area contributed by atoms with Gasteiger partial charge in [0.05, 0.1) is 13.0 Å². The third-order valence-corrected chi connectivity index (χ3v) is 4.00. The Balaban J connectivity index is 1.62. The van der Waals surface area contributed by atoms with E-state index in [4.69, 9.17) is 9.84 Å². The minimum absolute atomic E-state index is 0.0474. The Labute approximate surface area is 160 Å². The number of nitrogens with zero attached hydrogens (tertiary/aromatic N) is 1. The number of benzene rings is 2. The molecule has 0 bridgehead atoms. The quantitative estimate of drug-likeness (QED) is 0.654. The van der Waals surface area contributed by atoms with Crippen LogP contribution >= 0.6 is 0 Å². The van der Waals surface area contributed by atoms with Gasteiger partial charge >= 0.3 is 0 Å². The second kappa shape index (κ2) is 9.05. The largest absolute Gasteiger partial charge is 0.439 e. The number of carbonyl (C=O) groups excluding carboxylic acids is 1. The molecule has 0 unspecified atom stereocenters. The predicted molar refractivity (Wildman–Crippen MR) is 98.6 cm³/mol. The van der Waals surface area contributed by atoms with Crippen LogP contribution < -0.4 is 10.1 Å². The molecule has 1 heterocycles. The molecule has 0 aliphatic carbocycles. The molecule has 0 atom stereocenters. The number of rotatable bonds is 7. The Bertz CT molecular complexity index is 962. The number of hydrogen-bond donors (Lipinski definition) is 2. The van der Waals surface area contributed by atoms with Crippen molar-refractivity contribution in [2.45, 2.75) is 19.6 Å². The summed E-state index contributed by atoms with van der Waals surface area (Å²) in [6.45, 7) is 0.120. The number of ether oxygens (including phenoxy) is 1. The summed E-state index contributed by atoms with van der Waals surface area (Å²) in [5.74, 6) is -1.88. The Hall–Kier alpha value is -3.32. The maximum Gasteiger partial charge on any atom is 0.224 e. The maximum absolute atomic E-state index is 13.3. The second-order valence-electron chi connectivity index (χ2n) is 6.07. The molecule has 28 heavy (non-hydrogen) atoms. The lowest BCUT2D eigenvalue weighted by atomic mass is 10.1. The van der Waals surface area contributed by atoms with Crippen molar-refractivity contribution in [3.8, 4) is 11.6 Å². The van der Waals surface area contributed by atoms with Crippen LogP contribution in [0.15, 0.2) is 60.8 Å². The molecule has 5 nitrogen and oxygen atoms in total. The van der Waals surface area contributed by atoms with Crippen LogP contribution in [-0.4, -0.2) is 16.0 Å². The molecule has 1 aromatic heterocycles. The average Bonchev–Trinajstić information content (AvgIpc) is 2.71. The van der Waals surface area contributed by atoms with Gasteiger partial charge in [-0.15, -0.1) is 0 Å². The van der Waals surface area contributed by atoms with Gasteiger partial charge in [-0.1, -0.05) is 30.3 Å². The monoisotopic (exact) mass is 384 g/mol. The number of aliphatic hydroxyl groups is 1. The SMILES string of the molecule is O=C(Cc1ccc(CO)cc1)NCc1cccnc1Oc1ccc(F)c(F)c1. The van der Waals surface area contributed by atoms with Crippen molar-refractivity contribution in [3.05, 3.63) is 89.1 Å². The molecule has 2 N–H and O–H groups in total. The minimum atomic E-state index is -1.02. The number of hydrogen-bond acceptors (Lipinski definition) is 4. The Morgan fingerprint density at radius 2 is 1.79 bits per heavy atom. The number of halogens is 2. The molecule has 0 radical (unpaired) electrons. The van der Waals surface area contributed by atoms with Crippen LogP contribution in [0.3, 0.4) is 0 Å². The lowest BCUT2D eigenvalue weighted by Gasteiger charge is -2.11. The number of aliphatic hydroxyl groups excluding tert-OH is 1. The molecule has 0 aliphatic heterocycles. The highest BCUT2D eigenvalue weighted by Gasteiger charge is 2.10. The number of aromatic nitrogens is 1. The van der Waals surface area contributed by atoms with Crippen LogP contribution in [0.2, 0.25) is 0 Å². The Morgan fingerprint density at radius 1 is 1.04 bits per heavy atom. The molecule has 0 saturated carbocycles. The fourth-order valence-electron chi connectivity index (χ4n) is 2.51. The maximum atomic E-state index is 13.3.